The van der Waals surface area contributed by atoms with E-state index >= 15 is 0 Å². The molecule has 0 saturated heterocycles. The molecule has 0 aromatic heterocycles. The van der Waals surface area contributed by atoms with Crippen molar-refractivity contribution in [3.05, 3.63) is 77.0 Å². The van der Waals surface area contributed by atoms with E-state index in [4.69, 9.17) is 5.11 Å². The highest BCUT2D eigenvalue weighted by Crippen LogP contribution is 2.49. The summed E-state index contributed by atoms with van der Waals surface area (Å²) < 4.78 is 14.3. The van der Waals surface area contributed by atoms with Crippen LogP contribution < -0.4 is 10.2 Å². The summed E-state index contributed by atoms with van der Waals surface area (Å²) in [5.41, 5.74) is 7.25. The summed E-state index contributed by atoms with van der Waals surface area (Å²) in [5, 5.41) is 9.03. The van der Waals surface area contributed by atoms with Crippen molar-refractivity contribution >= 4 is 36.0 Å². The van der Waals surface area contributed by atoms with Gasteiger partial charge in [0.05, 0.1) is 10.7 Å². The summed E-state index contributed by atoms with van der Waals surface area (Å²) in [6, 6.07) is 11.6. The molecule has 40 heavy (non-hydrogen) atoms. The molecule has 0 radical (unpaired) electrons. The van der Waals surface area contributed by atoms with Gasteiger partial charge < -0.3 is 19.8 Å². The Hall–Kier alpha value is -2.99. The Morgan fingerprint density at radius 2 is 1.73 bits per heavy atom. The predicted molar refractivity (Wildman–Crippen MR) is 161 cm³/mol. The number of fused-ring (bicyclic) bond motifs is 2. The van der Waals surface area contributed by atoms with Gasteiger partial charge >= 0.3 is 13.6 Å². The van der Waals surface area contributed by atoms with Gasteiger partial charge in [0.15, 0.2) is 5.71 Å². The van der Waals surface area contributed by atoms with Crippen molar-refractivity contribution < 1.29 is 28.8 Å². The molecule has 8 heteroatoms. The van der Waals surface area contributed by atoms with Crippen molar-refractivity contribution in [3.8, 4) is 0 Å². The number of allylic oxidation sites excluding steroid dienone is 4. The number of unbranched alkanes of at least 4 members (excludes halogenated alkanes) is 2. The molecular weight excluding hydrogens is 523 g/mol. The second kappa shape index (κ2) is 11.1. The van der Waals surface area contributed by atoms with Crippen LogP contribution in [0.2, 0.25) is 0 Å². The van der Waals surface area contributed by atoms with Gasteiger partial charge in [0.2, 0.25) is 5.69 Å². The number of nitrogens with zero attached hydrogens (tertiary/aromatic N) is 2. The first-order valence-electron chi connectivity index (χ1n) is 14.0. The number of rotatable bonds is 10. The summed E-state index contributed by atoms with van der Waals surface area (Å²) in [6.45, 7) is 14.4. The molecule has 0 bridgehead atoms. The van der Waals surface area contributed by atoms with E-state index < -0.39 is 19.0 Å². The van der Waals surface area contributed by atoms with Crippen LogP contribution >= 0.6 is 7.60 Å². The zero-order chi connectivity index (χ0) is 29.5. The van der Waals surface area contributed by atoms with E-state index in [0.29, 0.717) is 6.42 Å². The van der Waals surface area contributed by atoms with Crippen LogP contribution in [0.1, 0.15) is 77.0 Å². The van der Waals surface area contributed by atoms with Crippen LogP contribution in [0.5, 0.6) is 0 Å². The van der Waals surface area contributed by atoms with Crippen molar-refractivity contribution in [3.63, 3.8) is 0 Å². The summed E-state index contributed by atoms with van der Waals surface area (Å²) in [6.07, 6.45) is 9.06. The lowest BCUT2D eigenvalue weighted by Gasteiger charge is -2.25. The monoisotopic (exact) mass is 565 g/mol. The Bertz CT molecular complexity index is 1460. The van der Waals surface area contributed by atoms with E-state index in [1.807, 2.05) is 6.07 Å². The number of hydrogen-bond acceptors (Lipinski definition) is 3. The Kier molecular flexibility index (Phi) is 8.33. The highest BCUT2D eigenvalue weighted by molar-refractivity contribution is 7.60. The van der Waals surface area contributed by atoms with Crippen molar-refractivity contribution in [1.29, 1.82) is 0 Å². The molecular formula is C32H42N2O5P+. The largest absolute Gasteiger partial charge is 0.481 e. The minimum atomic E-state index is -4.35. The number of carboxylic acid groups (broad SMARTS) is 1. The average Bonchev–Trinajstić information content (AvgIpc) is 3.21. The van der Waals surface area contributed by atoms with Gasteiger partial charge in [-0.05, 0) is 76.4 Å². The molecule has 2 aromatic rings. The van der Waals surface area contributed by atoms with Crippen LogP contribution in [0.4, 0.5) is 11.4 Å². The number of aliphatic carboxylic acids is 1. The molecule has 0 saturated carbocycles. The SMILES string of the molecule is CCN1/C(=C/C=C/C2=[N+](CCCCCC(=O)O)c3ccc(C)cc3C2(C)C)C(C)(C)c2cc(P(=O)(O)O)ccc21. The minimum absolute atomic E-state index is 0.0440. The van der Waals surface area contributed by atoms with Crippen LogP contribution in [0.3, 0.4) is 0 Å². The Morgan fingerprint density at radius 1 is 1.00 bits per heavy atom. The van der Waals surface area contributed by atoms with Crippen LogP contribution in [0.15, 0.2) is 60.3 Å². The Labute approximate surface area is 237 Å². The van der Waals surface area contributed by atoms with Crippen LogP contribution in [0.25, 0.3) is 0 Å². The van der Waals surface area contributed by atoms with Crippen molar-refractivity contribution in [2.45, 2.75) is 78.1 Å². The molecule has 2 aliphatic heterocycles. The lowest BCUT2D eigenvalue weighted by Crippen LogP contribution is -2.28. The van der Waals surface area contributed by atoms with Crippen molar-refractivity contribution in [2.75, 3.05) is 18.0 Å². The van der Waals surface area contributed by atoms with Gasteiger partial charge in [-0.15, -0.1) is 0 Å². The number of anilines is 1. The fourth-order valence-electron chi connectivity index (χ4n) is 6.17. The maximum absolute atomic E-state index is 12.0. The minimum Gasteiger partial charge on any atom is -0.481 e. The number of carboxylic acids is 1. The number of likely N-dealkylation sites (N-methyl/N-ethyl adjacent to an activating group) is 1. The van der Waals surface area contributed by atoms with Crippen molar-refractivity contribution in [2.24, 2.45) is 0 Å². The molecule has 2 heterocycles. The molecule has 0 spiro atoms. The molecule has 4 rings (SSSR count). The fourth-order valence-corrected chi connectivity index (χ4v) is 6.73. The molecule has 2 aliphatic rings. The first-order chi connectivity index (χ1) is 18.7. The standard InChI is InChI=1S/C32H41N2O5P/c1-7-33-26-18-16-23(40(37,38)39)21-25(26)32(5,6)28(33)12-11-13-29-31(3,4)24-20-22(2)15-17-27(24)34(29)19-10-8-9-14-30(35)36/h11-13,15-18,20-21H,7-10,14,19H2,1-6H3,(H2-,35,36,37,38,39)/p+1. The highest BCUT2D eigenvalue weighted by Gasteiger charge is 2.44. The summed E-state index contributed by atoms with van der Waals surface area (Å²) in [5.74, 6) is -0.748. The first kappa shape index (κ1) is 30.0. The van der Waals surface area contributed by atoms with E-state index in [1.54, 1.807) is 6.07 Å². The molecule has 0 fully saturated rings. The number of hydrogen-bond donors (Lipinski definition) is 3. The topological polar surface area (TPSA) is 101 Å². The molecule has 0 amide bonds. The zero-order valence-corrected chi connectivity index (χ0v) is 25.3. The second-order valence-electron chi connectivity index (χ2n) is 11.9. The van der Waals surface area contributed by atoms with E-state index in [9.17, 15) is 19.1 Å². The van der Waals surface area contributed by atoms with Gasteiger partial charge in [0.25, 0.3) is 0 Å². The number of carbonyl (C=O) groups is 1. The molecule has 0 unspecified atom stereocenters. The highest BCUT2D eigenvalue weighted by atomic mass is 31.2. The summed E-state index contributed by atoms with van der Waals surface area (Å²) in [4.78, 5) is 32.7. The van der Waals surface area contributed by atoms with Gasteiger partial charge in [0.1, 0.15) is 6.54 Å². The maximum atomic E-state index is 12.0. The zero-order valence-electron chi connectivity index (χ0n) is 24.4. The van der Waals surface area contributed by atoms with E-state index in [-0.39, 0.29) is 17.1 Å². The molecule has 3 N–H and O–H groups in total. The van der Waals surface area contributed by atoms with Crippen LogP contribution in [0, 0.1) is 6.92 Å². The van der Waals surface area contributed by atoms with E-state index in [2.05, 4.69) is 87.4 Å². The normalized spacial score (nSPS) is 18.6. The van der Waals surface area contributed by atoms with Gasteiger partial charge in [0, 0.05) is 53.9 Å². The number of aryl methyl sites for hydroxylation is 1. The van der Waals surface area contributed by atoms with E-state index in [0.717, 1.165) is 42.9 Å². The van der Waals surface area contributed by atoms with Crippen LogP contribution in [-0.4, -0.2) is 44.2 Å². The van der Waals surface area contributed by atoms with Crippen LogP contribution in [-0.2, 0) is 20.2 Å². The molecule has 7 nitrogen and oxygen atoms in total. The van der Waals surface area contributed by atoms with Crippen molar-refractivity contribution in [1.82, 2.24) is 0 Å². The molecule has 214 valence electrons. The number of benzene rings is 2. The first-order valence-corrected chi connectivity index (χ1v) is 15.7. The third kappa shape index (κ3) is 5.60. The van der Waals surface area contributed by atoms with Gasteiger partial charge in [-0.2, -0.15) is 4.58 Å². The summed E-state index contributed by atoms with van der Waals surface area (Å²) in [7, 11) is -4.35. The Balaban J connectivity index is 1.70. The van der Waals surface area contributed by atoms with E-state index in [1.165, 1.54) is 28.6 Å². The third-order valence-corrected chi connectivity index (χ3v) is 9.31. The van der Waals surface area contributed by atoms with Gasteiger partial charge in [-0.1, -0.05) is 31.6 Å². The third-order valence-electron chi connectivity index (χ3n) is 8.36. The van der Waals surface area contributed by atoms with Gasteiger partial charge in [-0.3, -0.25) is 9.36 Å². The lowest BCUT2D eigenvalue weighted by atomic mass is 9.80. The second-order valence-corrected chi connectivity index (χ2v) is 13.5. The smallest absolute Gasteiger partial charge is 0.356 e. The Morgan fingerprint density at radius 3 is 2.38 bits per heavy atom. The fraction of sp³-hybridized carbons (Fsp3) is 0.438. The molecule has 0 aliphatic carbocycles. The quantitative estimate of drug-likeness (QED) is 0.184. The molecule has 0 atom stereocenters. The van der Waals surface area contributed by atoms with Gasteiger partial charge in [-0.25, -0.2) is 0 Å². The lowest BCUT2D eigenvalue weighted by molar-refractivity contribution is -0.438. The average molecular weight is 566 g/mol. The molecule has 2 aromatic carbocycles. The summed E-state index contributed by atoms with van der Waals surface area (Å²) >= 11 is 0. The predicted octanol–water partition coefficient (Wildman–Crippen LogP) is 6.08. The maximum Gasteiger partial charge on any atom is 0.356 e.